The molecule has 0 spiro atoms. The molecule has 1 saturated heterocycles. The van der Waals surface area contributed by atoms with Crippen LogP contribution in [-0.4, -0.2) is 41.5 Å². The lowest BCUT2D eigenvalue weighted by atomic mass is 9.78. The maximum atomic E-state index is 13.5. The Hall–Kier alpha value is -3.48. The molecule has 1 aliphatic heterocycles. The van der Waals surface area contributed by atoms with Crippen LogP contribution in [0.5, 0.6) is 0 Å². The van der Waals surface area contributed by atoms with E-state index in [1.807, 2.05) is 18.2 Å². The number of piperidine rings is 1. The van der Waals surface area contributed by atoms with E-state index in [0.29, 0.717) is 43.6 Å². The normalized spacial score (nSPS) is 15.4. The largest absolute Gasteiger partial charge is 0.466 e. The fraction of sp³-hybridized carbons (Fsp3) is 0.346. The smallest absolute Gasteiger partial charge is 0.306 e. The van der Waals surface area contributed by atoms with Crippen LogP contribution in [0, 0.1) is 11.7 Å². The molecule has 172 valence electrons. The number of H-pyrrole nitrogens is 1. The Kier molecular flexibility index (Phi) is 6.87. The van der Waals surface area contributed by atoms with Crippen LogP contribution in [0.4, 0.5) is 4.39 Å². The third kappa shape index (κ3) is 5.13. The molecular weight excluding hydrogens is 423 g/mol. The molecule has 0 bridgehead atoms. The van der Waals surface area contributed by atoms with Gasteiger partial charge in [-0.1, -0.05) is 30.3 Å². The molecule has 0 radical (unpaired) electrons. The molecule has 0 saturated carbocycles. The number of benzene rings is 2. The highest BCUT2D eigenvalue weighted by Crippen LogP contribution is 2.36. The molecule has 1 aromatic heterocycles. The van der Waals surface area contributed by atoms with Gasteiger partial charge in [0.15, 0.2) is 0 Å². The zero-order valence-corrected chi connectivity index (χ0v) is 18.6. The van der Waals surface area contributed by atoms with Crippen LogP contribution in [0.2, 0.25) is 0 Å². The van der Waals surface area contributed by atoms with Crippen molar-refractivity contribution in [1.82, 2.24) is 9.88 Å². The summed E-state index contributed by atoms with van der Waals surface area (Å²) in [5.74, 6) is -0.721. The van der Waals surface area contributed by atoms with Gasteiger partial charge in [0.1, 0.15) is 5.82 Å². The monoisotopic (exact) mass is 450 g/mol. The van der Waals surface area contributed by atoms with Crippen LogP contribution >= 0.6 is 0 Å². The molecule has 3 aromatic rings. The number of halogens is 1. The van der Waals surface area contributed by atoms with Gasteiger partial charge >= 0.3 is 5.97 Å². The number of nitrogens with one attached hydrogen (secondary N) is 1. The highest BCUT2D eigenvalue weighted by Gasteiger charge is 2.32. The number of carbonyl (C=O) groups excluding carboxylic acids is 2. The minimum Gasteiger partial charge on any atom is -0.466 e. The first-order valence-corrected chi connectivity index (χ1v) is 11.3. The number of aromatic amines is 1. The van der Waals surface area contributed by atoms with Gasteiger partial charge in [-0.05, 0) is 55.4 Å². The van der Waals surface area contributed by atoms with Gasteiger partial charge in [-0.25, -0.2) is 4.39 Å². The molecule has 7 heteroatoms. The number of para-hydroxylation sites is 1. The molecule has 1 fully saturated rings. The molecule has 2 heterocycles. The number of aromatic nitrogens is 1. The van der Waals surface area contributed by atoms with E-state index in [4.69, 9.17) is 4.74 Å². The lowest BCUT2D eigenvalue weighted by Gasteiger charge is -2.36. The summed E-state index contributed by atoms with van der Waals surface area (Å²) in [5.41, 5.74) is 1.62. The average Bonchev–Trinajstić information content (AvgIpc) is 2.82. The Bertz CT molecular complexity index is 1200. The van der Waals surface area contributed by atoms with Crippen molar-refractivity contribution in [2.24, 2.45) is 5.92 Å². The number of pyridine rings is 1. The van der Waals surface area contributed by atoms with Gasteiger partial charge in [0, 0.05) is 30.1 Å². The predicted octanol–water partition coefficient (Wildman–Crippen LogP) is 4.26. The average molecular weight is 451 g/mol. The van der Waals surface area contributed by atoms with Crippen LogP contribution in [-0.2, 0) is 9.53 Å². The number of hydrogen-bond donors (Lipinski definition) is 1. The number of nitrogens with zero attached hydrogens (tertiary/aromatic N) is 1. The van der Waals surface area contributed by atoms with E-state index >= 15 is 0 Å². The van der Waals surface area contributed by atoms with Crippen LogP contribution in [0.25, 0.3) is 10.9 Å². The van der Waals surface area contributed by atoms with Crippen molar-refractivity contribution in [3.8, 4) is 0 Å². The molecule has 33 heavy (non-hydrogen) atoms. The fourth-order valence-corrected chi connectivity index (χ4v) is 4.72. The van der Waals surface area contributed by atoms with Crippen molar-refractivity contribution >= 4 is 22.8 Å². The van der Waals surface area contributed by atoms with E-state index < -0.39 is 0 Å². The molecule has 2 aromatic carbocycles. The van der Waals surface area contributed by atoms with Crippen LogP contribution in [0.1, 0.15) is 48.0 Å². The molecule has 0 aliphatic carbocycles. The molecule has 1 amide bonds. The summed E-state index contributed by atoms with van der Waals surface area (Å²) in [4.78, 5) is 42.1. The summed E-state index contributed by atoms with van der Waals surface area (Å²) < 4.78 is 18.6. The van der Waals surface area contributed by atoms with E-state index in [9.17, 15) is 18.8 Å². The number of hydrogen-bond acceptors (Lipinski definition) is 4. The van der Waals surface area contributed by atoms with Gasteiger partial charge in [-0.15, -0.1) is 0 Å². The molecule has 1 atom stereocenters. The van der Waals surface area contributed by atoms with Gasteiger partial charge in [0.25, 0.3) is 5.91 Å². The minimum atomic E-state index is -0.320. The topological polar surface area (TPSA) is 79.5 Å². The standard InChI is InChI=1S/C26H27FN2O4/c1-2-33-25(31)16-21(17-7-9-19(27)10-8-17)18-11-13-29(14-12-18)26(32)22-15-24(30)28-23-6-4-3-5-20(22)23/h3-10,15,18,21H,2,11-14,16H2,1H3,(H,28,30)/t21-/m0/s1. The second-order valence-electron chi connectivity index (χ2n) is 8.39. The second kappa shape index (κ2) is 9.98. The van der Waals surface area contributed by atoms with Gasteiger partial charge in [-0.3, -0.25) is 14.4 Å². The molecule has 4 rings (SSSR count). The first kappa shape index (κ1) is 22.7. The van der Waals surface area contributed by atoms with Gasteiger partial charge in [-0.2, -0.15) is 0 Å². The number of rotatable bonds is 6. The zero-order chi connectivity index (χ0) is 23.4. The third-order valence-corrected chi connectivity index (χ3v) is 6.37. The van der Waals surface area contributed by atoms with Crippen molar-refractivity contribution in [3.05, 3.63) is 81.9 Å². The number of carbonyl (C=O) groups is 2. The van der Waals surface area contributed by atoms with Gasteiger partial charge in [0.2, 0.25) is 5.56 Å². The molecular formula is C26H27FN2O4. The molecule has 6 nitrogen and oxygen atoms in total. The van der Waals surface area contributed by atoms with Crippen molar-refractivity contribution in [3.63, 3.8) is 0 Å². The van der Waals surface area contributed by atoms with Gasteiger partial charge in [0.05, 0.1) is 18.6 Å². The fourth-order valence-electron chi connectivity index (χ4n) is 4.72. The van der Waals surface area contributed by atoms with E-state index in [0.717, 1.165) is 10.9 Å². The number of likely N-dealkylation sites (tertiary alicyclic amines) is 1. The highest BCUT2D eigenvalue weighted by molar-refractivity contribution is 6.05. The summed E-state index contributed by atoms with van der Waals surface area (Å²) in [6.45, 7) is 3.12. The van der Waals surface area contributed by atoms with Crippen LogP contribution in [0.15, 0.2) is 59.4 Å². The van der Waals surface area contributed by atoms with Crippen molar-refractivity contribution in [2.45, 2.75) is 32.1 Å². The Labute approximate surface area is 191 Å². The summed E-state index contributed by atoms with van der Waals surface area (Å²) in [5, 5.41) is 0.718. The quantitative estimate of drug-likeness (QED) is 0.569. The van der Waals surface area contributed by atoms with E-state index in [1.54, 1.807) is 30.0 Å². The first-order chi connectivity index (χ1) is 16.0. The Balaban J connectivity index is 1.51. The lowest BCUT2D eigenvalue weighted by Crippen LogP contribution is -2.40. The Morgan fingerprint density at radius 2 is 1.82 bits per heavy atom. The highest BCUT2D eigenvalue weighted by atomic mass is 19.1. The van der Waals surface area contributed by atoms with Crippen molar-refractivity contribution < 1.29 is 18.7 Å². The predicted molar refractivity (Wildman–Crippen MR) is 124 cm³/mol. The van der Waals surface area contributed by atoms with Gasteiger partial charge < -0.3 is 14.6 Å². The molecule has 1 N–H and O–H groups in total. The minimum absolute atomic E-state index is 0.109. The Morgan fingerprint density at radius 3 is 2.52 bits per heavy atom. The van der Waals surface area contributed by atoms with Crippen molar-refractivity contribution in [1.29, 1.82) is 0 Å². The second-order valence-corrected chi connectivity index (χ2v) is 8.39. The SMILES string of the molecule is CCOC(=O)C[C@@H](c1ccc(F)cc1)C1CCN(C(=O)c2cc(=O)[nH]c3ccccc23)CC1. The molecule has 0 unspecified atom stereocenters. The zero-order valence-electron chi connectivity index (χ0n) is 18.6. The number of fused-ring (bicyclic) bond motifs is 1. The van der Waals surface area contributed by atoms with Crippen LogP contribution in [0.3, 0.4) is 0 Å². The number of esters is 1. The summed E-state index contributed by atoms with van der Waals surface area (Å²) in [7, 11) is 0. The van der Waals surface area contributed by atoms with E-state index in [2.05, 4.69) is 4.98 Å². The summed E-state index contributed by atoms with van der Waals surface area (Å²) >= 11 is 0. The van der Waals surface area contributed by atoms with Crippen molar-refractivity contribution in [2.75, 3.05) is 19.7 Å². The lowest BCUT2D eigenvalue weighted by molar-refractivity contribution is -0.144. The maximum absolute atomic E-state index is 13.5. The maximum Gasteiger partial charge on any atom is 0.306 e. The summed E-state index contributed by atoms with van der Waals surface area (Å²) in [6.07, 6.45) is 1.62. The van der Waals surface area contributed by atoms with E-state index in [1.165, 1.54) is 18.2 Å². The third-order valence-electron chi connectivity index (χ3n) is 6.37. The Morgan fingerprint density at radius 1 is 1.12 bits per heavy atom. The first-order valence-electron chi connectivity index (χ1n) is 11.3. The number of ether oxygens (including phenoxy) is 1. The van der Waals surface area contributed by atoms with Crippen LogP contribution < -0.4 is 5.56 Å². The van der Waals surface area contributed by atoms with E-state index in [-0.39, 0.29) is 41.5 Å². The number of amides is 1. The summed E-state index contributed by atoms with van der Waals surface area (Å²) in [6, 6.07) is 14.9. The molecule has 1 aliphatic rings.